The largest absolute Gasteiger partial charge is 0.311 e. The molecule has 0 bridgehead atoms. The Kier molecular flexibility index (Phi) is 5.10. The molecule has 0 aliphatic carbocycles. The van der Waals surface area contributed by atoms with Crippen LogP contribution in [0, 0.1) is 5.92 Å². The van der Waals surface area contributed by atoms with Gasteiger partial charge in [0.1, 0.15) is 0 Å². The van der Waals surface area contributed by atoms with Gasteiger partial charge in [-0.3, -0.25) is 0 Å². The van der Waals surface area contributed by atoms with Crippen molar-refractivity contribution >= 4 is 23.1 Å². The molecule has 0 spiro atoms. The molecule has 1 N–H and O–H groups in total. The zero-order chi connectivity index (χ0) is 13.0. The van der Waals surface area contributed by atoms with Crippen molar-refractivity contribution in [3.63, 3.8) is 0 Å². The van der Waals surface area contributed by atoms with Gasteiger partial charge in [0.2, 0.25) is 0 Å². The molecule has 1 saturated heterocycles. The van der Waals surface area contributed by atoms with E-state index in [4.69, 9.17) is 4.98 Å². The van der Waals surface area contributed by atoms with Gasteiger partial charge in [0, 0.05) is 17.3 Å². The molecule has 1 aliphatic heterocycles. The molecule has 4 heteroatoms. The summed E-state index contributed by atoms with van der Waals surface area (Å²) >= 11 is 3.88. The van der Waals surface area contributed by atoms with Crippen molar-refractivity contribution < 1.29 is 0 Å². The van der Waals surface area contributed by atoms with E-state index in [-0.39, 0.29) is 5.41 Å². The van der Waals surface area contributed by atoms with Gasteiger partial charge >= 0.3 is 0 Å². The number of aromatic nitrogens is 1. The fraction of sp³-hybridized carbons (Fsp3) is 0.786. The number of thiazole rings is 1. The van der Waals surface area contributed by atoms with Crippen LogP contribution in [0.3, 0.4) is 0 Å². The average Bonchev–Trinajstić information content (AvgIpc) is 2.79. The highest BCUT2D eigenvalue weighted by atomic mass is 32.2. The van der Waals surface area contributed by atoms with Gasteiger partial charge in [0.05, 0.1) is 10.7 Å². The van der Waals surface area contributed by atoms with Gasteiger partial charge in [-0.1, -0.05) is 20.8 Å². The second kappa shape index (κ2) is 6.40. The van der Waals surface area contributed by atoms with Gasteiger partial charge in [-0.25, -0.2) is 4.98 Å². The van der Waals surface area contributed by atoms with Gasteiger partial charge in [0.15, 0.2) is 0 Å². The summed E-state index contributed by atoms with van der Waals surface area (Å²) in [4.78, 5) is 4.72. The van der Waals surface area contributed by atoms with Crippen LogP contribution >= 0.6 is 23.1 Å². The molecule has 1 aromatic rings. The Labute approximate surface area is 119 Å². The summed E-state index contributed by atoms with van der Waals surface area (Å²) in [5, 5.41) is 7.01. The van der Waals surface area contributed by atoms with E-state index in [2.05, 4.69) is 43.2 Å². The first-order chi connectivity index (χ1) is 8.55. The molecule has 18 heavy (non-hydrogen) atoms. The van der Waals surface area contributed by atoms with Crippen molar-refractivity contribution in [2.75, 3.05) is 18.1 Å². The molecule has 1 fully saturated rings. The number of thioether (sulfide) groups is 1. The maximum absolute atomic E-state index is 4.72. The predicted octanol–water partition coefficient (Wildman–Crippen LogP) is 3.67. The topological polar surface area (TPSA) is 24.9 Å². The number of rotatable bonds is 4. The van der Waals surface area contributed by atoms with Gasteiger partial charge in [-0.15, -0.1) is 11.3 Å². The Bertz CT molecular complexity index is 362. The highest BCUT2D eigenvalue weighted by molar-refractivity contribution is 7.99. The number of nitrogens with one attached hydrogen (secondary N) is 1. The molecule has 0 amide bonds. The van der Waals surface area contributed by atoms with Crippen molar-refractivity contribution in [2.45, 2.75) is 45.6 Å². The Morgan fingerprint density at radius 3 is 2.67 bits per heavy atom. The van der Waals surface area contributed by atoms with Crippen LogP contribution in [0.1, 0.15) is 44.3 Å². The first-order valence-corrected chi connectivity index (χ1v) is 8.82. The van der Waals surface area contributed by atoms with Crippen molar-refractivity contribution in [3.8, 4) is 0 Å². The summed E-state index contributed by atoms with van der Waals surface area (Å²) in [6.07, 6.45) is 2.75. The second-order valence-electron chi connectivity index (χ2n) is 6.08. The van der Waals surface area contributed by atoms with E-state index in [1.807, 2.05) is 0 Å². The van der Waals surface area contributed by atoms with E-state index >= 15 is 0 Å². The van der Waals surface area contributed by atoms with E-state index in [0.29, 0.717) is 0 Å². The van der Waals surface area contributed by atoms with Crippen LogP contribution in [0.2, 0.25) is 0 Å². The fourth-order valence-electron chi connectivity index (χ4n) is 2.09. The van der Waals surface area contributed by atoms with Crippen molar-refractivity contribution in [1.29, 1.82) is 0 Å². The van der Waals surface area contributed by atoms with Crippen LogP contribution in [0.15, 0.2) is 5.38 Å². The van der Waals surface area contributed by atoms with Gasteiger partial charge in [0.25, 0.3) is 0 Å². The van der Waals surface area contributed by atoms with Crippen LogP contribution in [-0.2, 0) is 12.0 Å². The average molecular weight is 284 g/mol. The molecule has 0 atom stereocenters. The molecule has 1 aromatic heterocycles. The monoisotopic (exact) mass is 284 g/mol. The highest BCUT2D eigenvalue weighted by Gasteiger charge is 2.18. The lowest BCUT2D eigenvalue weighted by Crippen LogP contribution is -2.25. The number of nitrogens with zero attached hydrogens (tertiary/aromatic N) is 1. The summed E-state index contributed by atoms with van der Waals surface area (Å²) in [5.41, 5.74) is 1.39. The summed E-state index contributed by atoms with van der Waals surface area (Å²) in [6, 6.07) is 0. The first kappa shape index (κ1) is 14.4. The highest BCUT2D eigenvalue weighted by Crippen LogP contribution is 2.25. The number of hydrogen-bond acceptors (Lipinski definition) is 4. The third kappa shape index (κ3) is 4.25. The third-order valence-corrected chi connectivity index (χ3v) is 5.64. The van der Waals surface area contributed by atoms with E-state index in [9.17, 15) is 0 Å². The quantitative estimate of drug-likeness (QED) is 0.913. The fourth-order valence-corrected chi connectivity index (χ4v) is 4.20. The zero-order valence-corrected chi connectivity index (χ0v) is 13.3. The molecule has 102 valence electrons. The summed E-state index contributed by atoms with van der Waals surface area (Å²) in [7, 11) is 0. The minimum Gasteiger partial charge on any atom is -0.311 e. The van der Waals surface area contributed by atoms with Crippen LogP contribution in [-0.4, -0.2) is 23.0 Å². The zero-order valence-electron chi connectivity index (χ0n) is 11.7. The molecule has 2 rings (SSSR count). The van der Waals surface area contributed by atoms with Crippen LogP contribution in [0.4, 0.5) is 0 Å². The SMILES string of the molecule is CC(C)(C)c1nc(CNCC2CCSCC2)cs1. The normalized spacial score (nSPS) is 18.2. The maximum Gasteiger partial charge on any atom is 0.0982 e. The van der Waals surface area contributed by atoms with Crippen molar-refractivity contribution in [2.24, 2.45) is 5.92 Å². The lowest BCUT2D eigenvalue weighted by molar-refractivity contribution is 0.446. The lowest BCUT2D eigenvalue weighted by atomic mass is 9.98. The summed E-state index contributed by atoms with van der Waals surface area (Å²) in [6.45, 7) is 8.76. The van der Waals surface area contributed by atoms with Crippen molar-refractivity contribution in [1.82, 2.24) is 10.3 Å². The minimum absolute atomic E-state index is 0.184. The Morgan fingerprint density at radius 2 is 2.06 bits per heavy atom. The Hall–Kier alpha value is -0.0600. The predicted molar refractivity (Wildman–Crippen MR) is 82.6 cm³/mol. The molecular weight excluding hydrogens is 260 g/mol. The van der Waals surface area contributed by atoms with Gasteiger partial charge in [-0.05, 0) is 36.8 Å². The standard InChI is InChI=1S/C14H24N2S2/c1-14(2,3)13-16-12(10-18-13)9-15-8-11-4-6-17-7-5-11/h10-11,15H,4-9H2,1-3H3. The molecular formula is C14H24N2S2. The molecule has 1 aliphatic rings. The van der Waals surface area contributed by atoms with Crippen LogP contribution in [0.25, 0.3) is 0 Å². The molecule has 0 aromatic carbocycles. The Morgan fingerprint density at radius 1 is 1.33 bits per heavy atom. The summed E-state index contributed by atoms with van der Waals surface area (Å²) in [5.74, 6) is 3.57. The molecule has 2 heterocycles. The number of hydrogen-bond donors (Lipinski definition) is 1. The van der Waals surface area contributed by atoms with E-state index in [1.165, 1.54) is 35.0 Å². The molecule has 0 unspecified atom stereocenters. The maximum atomic E-state index is 4.72. The van der Waals surface area contributed by atoms with Gasteiger partial charge < -0.3 is 5.32 Å². The smallest absolute Gasteiger partial charge is 0.0982 e. The van der Waals surface area contributed by atoms with Crippen LogP contribution < -0.4 is 5.32 Å². The second-order valence-corrected chi connectivity index (χ2v) is 8.16. The summed E-state index contributed by atoms with van der Waals surface area (Å²) < 4.78 is 0. The molecule has 0 saturated carbocycles. The van der Waals surface area contributed by atoms with Crippen molar-refractivity contribution in [3.05, 3.63) is 16.1 Å². The molecule has 0 radical (unpaired) electrons. The Balaban J connectivity index is 1.74. The van der Waals surface area contributed by atoms with E-state index in [0.717, 1.165) is 19.0 Å². The first-order valence-electron chi connectivity index (χ1n) is 6.79. The molecule has 2 nitrogen and oxygen atoms in total. The van der Waals surface area contributed by atoms with Gasteiger partial charge in [-0.2, -0.15) is 11.8 Å². The lowest BCUT2D eigenvalue weighted by Gasteiger charge is -2.21. The third-order valence-electron chi connectivity index (χ3n) is 3.27. The minimum atomic E-state index is 0.184. The van der Waals surface area contributed by atoms with E-state index in [1.54, 1.807) is 11.3 Å². The van der Waals surface area contributed by atoms with E-state index < -0.39 is 0 Å². The van der Waals surface area contributed by atoms with Crippen LogP contribution in [0.5, 0.6) is 0 Å².